The lowest BCUT2D eigenvalue weighted by Gasteiger charge is -2.27. The summed E-state index contributed by atoms with van der Waals surface area (Å²) >= 11 is 0. The first-order valence-corrected chi connectivity index (χ1v) is 8.28. The molecule has 0 aromatic carbocycles. The number of hydrogen-bond acceptors (Lipinski definition) is 3. The van der Waals surface area contributed by atoms with Crippen molar-refractivity contribution in [2.24, 2.45) is 0 Å². The maximum absolute atomic E-state index is 4.38. The molecule has 1 N–H and O–H groups in total. The van der Waals surface area contributed by atoms with Crippen molar-refractivity contribution < 1.29 is 0 Å². The van der Waals surface area contributed by atoms with Crippen LogP contribution in [0.15, 0.2) is 12.5 Å². The molecule has 0 amide bonds. The van der Waals surface area contributed by atoms with Crippen molar-refractivity contribution in [2.45, 2.75) is 63.6 Å². The molecule has 1 aromatic heterocycles. The summed E-state index contributed by atoms with van der Waals surface area (Å²) in [7, 11) is 2.28. The zero-order valence-electron chi connectivity index (χ0n) is 12.7. The van der Waals surface area contributed by atoms with Crippen LogP contribution in [0.2, 0.25) is 0 Å². The van der Waals surface area contributed by atoms with E-state index in [2.05, 4.69) is 33.0 Å². The topological polar surface area (TPSA) is 33.1 Å². The summed E-state index contributed by atoms with van der Waals surface area (Å²) in [5.74, 6) is 0. The van der Waals surface area contributed by atoms with Crippen molar-refractivity contribution in [3.63, 3.8) is 0 Å². The number of nitrogens with zero attached hydrogens (tertiary/aromatic N) is 3. The van der Waals surface area contributed by atoms with E-state index < -0.39 is 0 Å². The first kappa shape index (κ1) is 14.1. The van der Waals surface area contributed by atoms with Crippen LogP contribution in [0.5, 0.6) is 0 Å². The highest BCUT2D eigenvalue weighted by Gasteiger charge is 2.21. The number of aromatic nitrogens is 2. The van der Waals surface area contributed by atoms with Gasteiger partial charge >= 0.3 is 0 Å². The van der Waals surface area contributed by atoms with Gasteiger partial charge in [-0.2, -0.15) is 0 Å². The number of rotatable bonds is 5. The molecule has 1 aliphatic heterocycles. The zero-order chi connectivity index (χ0) is 13.8. The Morgan fingerprint density at radius 3 is 2.80 bits per heavy atom. The number of piperidine rings is 1. The molecule has 1 saturated heterocycles. The monoisotopic (exact) mass is 276 g/mol. The molecule has 2 aliphatic rings. The molecule has 112 valence electrons. The number of nitrogens with one attached hydrogen (secondary N) is 1. The van der Waals surface area contributed by atoms with E-state index in [0.717, 1.165) is 25.7 Å². The molecule has 1 atom stereocenters. The molecule has 4 heteroatoms. The van der Waals surface area contributed by atoms with E-state index in [0.29, 0.717) is 6.04 Å². The van der Waals surface area contributed by atoms with Crippen molar-refractivity contribution in [1.29, 1.82) is 0 Å². The van der Waals surface area contributed by atoms with Crippen molar-refractivity contribution in [3.8, 4) is 0 Å². The van der Waals surface area contributed by atoms with Crippen molar-refractivity contribution in [1.82, 2.24) is 19.8 Å². The second-order valence-corrected chi connectivity index (χ2v) is 6.43. The molecule has 0 radical (unpaired) electrons. The normalized spacial score (nSPS) is 24.6. The van der Waals surface area contributed by atoms with E-state index in [1.54, 1.807) is 0 Å². The van der Waals surface area contributed by atoms with Gasteiger partial charge in [0.25, 0.3) is 0 Å². The van der Waals surface area contributed by atoms with E-state index in [-0.39, 0.29) is 0 Å². The summed E-state index contributed by atoms with van der Waals surface area (Å²) in [6.45, 7) is 3.36. The van der Waals surface area contributed by atoms with E-state index >= 15 is 0 Å². The molecule has 1 unspecified atom stereocenters. The van der Waals surface area contributed by atoms with Crippen LogP contribution >= 0.6 is 0 Å². The van der Waals surface area contributed by atoms with Gasteiger partial charge in [0.05, 0.1) is 12.0 Å². The zero-order valence-corrected chi connectivity index (χ0v) is 12.7. The summed E-state index contributed by atoms with van der Waals surface area (Å²) in [5.41, 5.74) is 1.38. The molecular formula is C16H28N4. The smallest absolute Gasteiger partial charge is 0.0949 e. The van der Waals surface area contributed by atoms with Crippen molar-refractivity contribution in [2.75, 3.05) is 20.1 Å². The molecule has 2 fully saturated rings. The van der Waals surface area contributed by atoms with Gasteiger partial charge in [0.2, 0.25) is 0 Å². The SMILES string of the molecule is CN(CCn1cncc1C1CCCCN1)C1CCCC1. The maximum Gasteiger partial charge on any atom is 0.0949 e. The Kier molecular flexibility index (Phi) is 4.73. The maximum atomic E-state index is 4.38. The van der Waals surface area contributed by atoms with Gasteiger partial charge < -0.3 is 14.8 Å². The van der Waals surface area contributed by atoms with Crippen LogP contribution in [0, 0.1) is 0 Å². The molecule has 1 aromatic rings. The molecule has 0 spiro atoms. The molecule has 4 nitrogen and oxygen atoms in total. The molecule has 2 heterocycles. The number of hydrogen-bond donors (Lipinski definition) is 1. The standard InChI is InChI=1S/C16H28N4/c1-19(14-6-2-3-7-14)10-11-20-13-17-12-16(20)15-8-4-5-9-18-15/h12-15,18H,2-11H2,1H3. The van der Waals surface area contributed by atoms with Gasteiger partial charge in [-0.25, -0.2) is 4.98 Å². The summed E-state index contributed by atoms with van der Waals surface area (Å²) < 4.78 is 2.36. The van der Waals surface area contributed by atoms with Crippen molar-refractivity contribution >= 4 is 0 Å². The van der Waals surface area contributed by atoms with Gasteiger partial charge in [-0.05, 0) is 39.3 Å². The molecule has 1 saturated carbocycles. The summed E-state index contributed by atoms with van der Waals surface area (Å²) in [4.78, 5) is 6.92. The van der Waals surface area contributed by atoms with Crippen LogP contribution in [0.4, 0.5) is 0 Å². The predicted molar refractivity (Wildman–Crippen MR) is 81.7 cm³/mol. The third-order valence-corrected chi connectivity index (χ3v) is 5.05. The highest BCUT2D eigenvalue weighted by Crippen LogP contribution is 2.24. The fourth-order valence-electron chi connectivity index (χ4n) is 3.71. The third-order valence-electron chi connectivity index (χ3n) is 5.05. The Balaban J connectivity index is 1.55. The Morgan fingerprint density at radius 2 is 2.05 bits per heavy atom. The van der Waals surface area contributed by atoms with E-state index in [9.17, 15) is 0 Å². The minimum absolute atomic E-state index is 0.517. The molecular weight excluding hydrogens is 248 g/mol. The Hall–Kier alpha value is -0.870. The van der Waals surface area contributed by atoms with Crippen LogP contribution in [-0.2, 0) is 6.54 Å². The van der Waals surface area contributed by atoms with Gasteiger partial charge in [0.15, 0.2) is 0 Å². The molecule has 3 rings (SSSR count). The number of imidazole rings is 1. The molecule has 0 bridgehead atoms. The number of likely N-dealkylation sites (N-methyl/N-ethyl adjacent to an activating group) is 1. The van der Waals surface area contributed by atoms with Crippen LogP contribution in [0.1, 0.15) is 56.7 Å². The Bertz CT molecular complexity index is 402. The highest BCUT2D eigenvalue weighted by molar-refractivity contribution is 5.06. The second-order valence-electron chi connectivity index (χ2n) is 6.43. The average molecular weight is 276 g/mol. The fraction of sp³-hybridized carbons (Fsp3) is 0.812. The Labute approximate surface area is 122 Å². The first-order valence-electron chi connectivity index (χ1n) is 8.28. The predicted octanol–water partition coefficient (Wildman–Crippen LogP) is 2.57. The Morgan fingerprint density at radius 1 is 1.25 bits per heavy atom. The fourth-order valence-corrected chi connectivity index (χ4v) is 3.71. The summed E-state index contributed by atoms with van der Waals surface area (Å²) in [6, 6.07) is 1.33. The molecule has 20 heavy (non-hydrogen) atoms. The van der Waals surface area contributed by atoms with Gasteiger partial charge in [-0.1, -0.05) is 19.3 Å². The van der Waals surface area contributed by atoms with Crippen LogP contribution in [0.25, 0.3) is 0 Å². The lowest BCUT2D eigenvalue weighted by molar-refractivity contribution is 0.234. The third kappa shape index (κ3) is 3.23. The summed E-state index contributed by atoms with van der Waals surface area (Å²) in [6.07, 6.45) is 13.6. The largest absolute Gasteiger partial charge is 0.332 e. The quantitative estimate of drug-likeness (QED) is 0.897. The van der Waals surface area contributed by atoms with Gasteiger partial charge in [-0.3, -0.25) is 0 Å². The lowest BCUT2D eigenvalue weighted by atomic mass is 10.0. The van der Waals surface area contributed by atoms with Crippen molar-refractivity contribution in [3.05, 3.63) is 18.2 Å². The van der Waals surface area contributed by atoms with E-state index in [4.69, 9.17) is 0 Å². The first-order chi connectivity index (χ1) is 9.84. The minimum atomic E-state index is 0.517. The van der Waals surface area contributed by atoms with Gasteiger partial charge in [0, 0.05) is 31.4 Å². The minimum Gasteiger partial charge on any atom is -0.332 e. The van der Waals surface area contributed by atoms with E-state index in [1.807, 2.05) is 6.33 Å². The average Bonchev–Trinajstić information content (AvgIpc) is 3.17. The van der Waals surface area contributed by atoms with Gasteiger partial charge in [0.1, 0.15) is 0 Å². The second kappa shape index (κ2) is 6.72. The lowest BCUT2D eigenvalue weighted by Crippen LogP contribution is -2.33. The molecule has 1 aliphatic carbocycles. The van der Waals surface area contributed by atoms with Crippen LogP contribution < -0.4 is 5.32 Å². The van der Waals surface area contributed by atoms with Crippen LogP contribution in [0.3, 0.4) is 0 Å². The van der Waals surface area contributed by atoms with Crippen LogP contribution in [-0.4, -0.2) is 40.6 Å². The summed E-state index contributed by atoms with van der Waals surface area (Å²) in [5, 5.41) is 3.63. The van der Waals surface area contributed by atoms with E-state index in [1.165, 1.54) is 50.6 Å². The highest BCUT2D eigenvalue weighted by atomic mass is 15.2. The van der Waals surface area contributed by atoms with Gasteiger partial charge in [-0.15, -0.1) is 0 Å².